The van der Waals surface area contributed by atoms with Gasteiger partial charge in [-0.15, -0.1) is 0 Å². The van der Waals surface area contributed by atoms with Crippen molar-refractivity contribution in [2.75, 3.05) is 18.5 Å². The molecule has 0 amide bonds. The van der Waals surface area contributed by atoms with E-state index in [1.807, 2.05) is 0 Å². The summed E-state index contributed by atoms with van der Waals surface area (Å²) < 4.78 is 0. The Balaban J connectivity index is 2.78. The summed E-state index contributed by atoms with van der Waals surface area (Å²) in [4.78, 5) is 10.2. The lowest BCUT2D eigenvalue weighted by Crippen LogP contribution is -2.37. The van der Waals surface area contributed by atoms with Gasteiger partial charge in [-0.3, -0.25) is 10.1 Å². The van der Waals surface area contributed by atoms with E-state index < -0.39 is 17.1 Å². The van der Waals surface area contributed by atoms with Gasteiger partial charge < -0.3 is 15.5 Å². The third kappa shape index (κ3) is 3.18. The number of para-hydroxylation sites is 2. The van der Waals surface area contributed by atoms with Crippen LogP contribution in [0.3, 0.4) is 0 Å². The van der Waals surface area contributed by atoms with Gasteiger partial charge in [0.2, 0.25) is 0 Å². The maximum Gasteiger partial charge on any atom is 0.292 e. The zero-order valence-electron chi connectivity index (χ0n) is 8.88. The SMILES string of the molecule is CC(O)(CO)CNc1ccccc1[N+](=O)[O-]. The molecule has 16 heavy (non-hydrogen) atoms. The molecule has 0 spiro atoms. The number of nitrogens with one attached hydrogen (secondary N) is 1. The monoisotopic (exact) mass is 226 g/mol. The molecule has 3 N–H and O–H groups in total. The molecular weight excluding hydrogens is 212 g/mol. The number of anilines is 1. The number of aliphatic hydroxyl groups is 2. The minimum atomic E-state index is -1.30. The molecule has 0 bridgehead atoms. The van der Waals surface area contributed by atoms with Crippen molar-refractivity contribution in [2.24, 2.45) is 0 Å². The summed E-state index contributed by atoms with van der Waals surface area (Å²) in [7, 11) is 0. The van der Waals surface area contributed by atoms with Crippen LogP contribution in [0.4, 0.5) is 11.4 Å². The third-order valence-corrected chi connectivity index (χ3v) is 2.10. The van der Waals surface area contributed by atoms with Gasteiger partial charge in [0.25, 0.3) is 5.69 Å². The van der Waals surface area contributed by atoms with Crippen LogP contribution in [0.2, 0.25) is 0 Å². The van der Waals surface area contributed by atoms with Gasteiger partial charge in [-0.25, -0.2) is 0 Å². The Morgan fingerprint density at radius 1 is 1.50 bits per heavy atom. The summed E-state index contributed by atoms with van der Waals surface area (Å²) >= 11 is 0. The van der Waals surface area contributed by atoms with Gasteiger partial charge in [-0.2, -0.15) is 0 Å². The molecule has 1 aromatic carbocycles. The molecular formula is C10H14N2O4. The van der Waals surface area contributed by atoms with Crippen molar-refractivity contribution in [1.29, 1.82) is 0 Å². The molecule has 0 aromatic heterocycles. The summed E-state index contributed by atoms with van der Waals surface area (Å²) in [6.07, 6.45) is 0. The number of benzene rings is 1. The molecule has 6 heteroatoms. The van der Waals surface area contributed by atoms with E-state index in [1.54, 1.807) is 18.2 Å². The van der Waals surface area contributed by atoms with Gasteiger partial charge in [-0.05, 0) is 13.0 Å². The van der Waals surface area contributed by atoms with Crippen molar-refractivity contribution in [2.45, 2.75) is 12.5 Å². The molecule has 0 heterocycles. The predicted molar refractivity (Wildman–Crippen MR) is 59.3 cm³/mol. The van der Waals surface area contributed by atoms with Gasteiger partial charge in [0, 0.05) is 12.6 Å². The van der Waals surface area contributed by atoms with E-state index in [0.29, 0.717) is 5.69 Å². The highest BCUT2D eigenvalue weighted by Crippen LogP contribution is 2.23. The van der Waals surface area contributed by atoms with Crippen LogP contribution in [0.15, 0.2) is 24.3 Å². The van der Waals surface area contributed by atoms with Gasteiger partial charge in [0.1, 0.15) is 11.3 Å². The Hall–Kier alpha value is -1.66. The maximum atomic E-state index is 10.7. The topological polar surface area (TPSA) is 95.6 Å². The number of nitro benzene ring substituents is 1. The molecule has 0 fully saturated rings. The zero-order valence-corrected chi connectivity index (χ0v) is 8.88. The molecule has 0 saturated carbocycles. The molecule has 0 aliphatic carbocycles. The molecule has 1 rings (SSSR count). The highest BCUT2D eigenvalue weighted by Gasteiger charge is 2.20. The number of hydrogen-bond acceptors (Lipinski definition) is 5. The normalized spacial score (nSPS) is 14.2. The fourth-order valence-corrected chi connectivity index (χ4v) is 1.12. The summed E-state index contributed by atoms with van der Waals surface area (Å²) in [6, 6.07) is 6.14. The first-order chi connectivity index (χ1) is 7.46. The van der Waals surface area contributed by atoms with Crippen molar-refractivity contribution < 1.29 is 15.1 Å². The largest absolute Gasteiger partial charge is 0.393 e. The van der Waals surface area contributed by atoms with E-state index in [1.165, 1.54) is 13.0 Å². The molecule has 1 aromatic rings. The van der Waals surface area contributed by atoms with Crippen LogP contribution in [0, 0.1) is 10.1 Å². The minimum Gasteiger partial charge on any atom is -0.393 e. The Morgan fingerprint density at radius 3 is 2.69 bits per heavy atom. The first-order valence-electron chi connectivity index (χ1n) is 4.77. The van der Waals surface area contributed by atoms with E-state index in [-0.39, 0.29) is 12.2 Å². The first kappa shape index (κ1) is 12.4. The van der Waals surface area contributed by atoms with Crippen molar-refractivity contribution in [1.82, 2.24) is 0 Å². The van der Waals surface area contributed by atoms with Crippen molar-refractivity contribution in [3.8, 4) is 0 Å². The van der Waals surface area contributed by atoms with E-state index >= 15 is 0 Å². The highest BCUT2D eigenvalue weighted by atomic mass is 16.6. The van der Waals surface area contributed by atoms with E-state index in [4.69, 9.17) is 5.11 Å². The summed E-state index contributed by atoms with van der Waals surface area (Å²) in [5.41, 5.74) is -1.04. The Kier molecular flexibility index (Phi) is 3.81. The van der Waals surface area contributed by atoms with Crippen molar-refractivity contribution >= 4 is 11.4 Å². The molecule has 1 atom stereocenters. The van der Waals surface area contributed by atoms with Gasteiger partial charge in [-0.1, -0.05) is 12.1 Å². The van der Waals surface area contributed by atoms with Crippen LogP contribution < -0.4 is 5.32 Å². The standard InChI is InChI=1S/C10H14N2O4/c1-10(14,7-13)6-11-8-4-2-3-5-9(8)12(15)16/h2-5,11,13-14H,6-7H2,1H3. The Morgan fingerprint density at radius 2 is 2.12 bits per heavy atom. The lowest BCUT2D eigenvalue weighted by molar-refractivity contribution is -0.384. The highest BCUT2D eigenvalue weighted by molar-refractivity contribution is 5.61. The van der Waals surface area contributed by atoms with Gasteiger partial charge in [0.15, 0.2) is 0 Å². The Bertz CT molecular complexity index is 379. The second kappa shape index (κ2) is 4.91. The lowest BCUT2D eigenvalue weighted by Gasteiger charge is -2.21. The van der Waals surface area contributed by atoms with Crippen LogP contribution in [0.25, 0.3) is 0 Å². The fourth-order valence-electron chi connectivity index (χ4n) is 1.12. The van der Waals surface area contributed by atoms with Gasteiger partial charge >= 0.3 is 0 Å². The number of nitrogens with zero attached hydrogens (tertiary/aromatic N) is 1. The zero-order chi connectivity index (χ0) is 12.2. The third-order valence-electron chi connectivity index (χ3n) is 2.10. The summed E-state index contributed by atoms with van der Waals surface area (Å²) in [5, 5.41) is 31.8. The minimum absolute atomic E-state index is 0.0361. The molecule has 0 aliphatic heterocycles. The molecule has 0 aliphatic rings. The first-order valence-corrected chi connectivity index (χ1v) is 4.77. The average molecular weight is 226 g/mol. The second-order valence-electron chi connectivity index (χ2n) is 3.78. The smallest absolute Gasteiger partial charge is 0.292 e. The van der Waals surface area contributed by atoms with E-state index in [9.17, 15) is 15.2 Å². The molecule has 0 radical (unpaired) electrons. The maximum absolute atomic E-state index is 10.7. The molecule has 88 valence electrons. The number of hydrogen-bond donors (Lipinski definition) is 3. The lowest BCUT2D eigenvalue weighted by atomic mass is 10.1. The van der Waals surface area contributed by atoms with Gasteiger partial charge in [0.05, 0.1) is 11.5 Å². The summed E-state index contributed by atoms with van der Waals surface area (Å²) in [6.45, 7) is 1.06. The van der Waals surface area contributed by atoms with E-state index in [2.05, 4.69) is 5.32 Å². The predicted octanol–water partition coefficient (Wildman–Crippen LogP) is 0.750. The average Bonchev–Trinajstić information content (AvgIpc) is 2.27. The number of aliphatic hydroxyl groups excluding tert-OH is 1. The fraction of sp³-hybridized carbons (Fsp3) is 0.400. The Labute approximate surface area is 92.7 Å². The van der Waals surface area contributed by atoms with E-state index in [0.717, 1.165) is 0 Å². The molecule has 1 unspecified atom stereocenters. The van der Waals surface area contributed by atoms with Crippen LogP contribution in [0.5, 0.6) is 0 Å². The van der Waals surface area contributed by atoms with Crippen LogP contribution in [-0.4, -0.2) is 33.9 Å². The molecule has 6 nitrogen and oxygen atoms in total. The second-order valence-corrected chi connectivity index (χ2v) is 3.78. The summed E-state index contributed by atoms with van der Waals surface area (Å²) in [5.74, 6) is 0. The van der Waals surface area contributed by atoms with Crippen molar-refractivity contribution in [3.63, 3.8) is 0 Å². The van der Waals surface area contributed by atoms with Crippen LogP contribution >= 0.6 is 0 Å². The number of rotatable bonds is 5. The molecule has 0 saturated heterocycles. The van der Waals surface area contributed by atoms with Crippen LogP contribution in [0.1, 0.15) is 6.92 Å². The van der Waals surface area contributed by atoms with Crippen molar-refractivity contribution in [3.05, 3.63) is 34.4 Å². The quantitative estimate of drug-likeness (QED) is 0.508. The number of nitro groups is 1. The van der Waals surface area contributed by atoms with Crippen LogP contribution in [-0.2, 0) is 0 Å².